The summed E-state index contributed by atoms with van der Waals surface area (Å²) in [5, 5.41) is 5.94. The number of nitrogens with one attached hydrogen (secondary N) is 2. The molecular formula is C13H15FN2O2S. The Morgan fingerprint density at radius 2 is 2.11 bits per heavy atom. The third-order valence-corrected chi connectivity index (χ3v) is 3.78. The monoisotopic (exact) mass is 282 g/mol. The molecule has 1 aromatic carbocycles. The molecule has 0 bridgehead atoms. The van der Waals surface area contributed by atoms with Gasteiger partial charge in [-0.1, -0.05) is 0 Å². The van der Waals surface area contributed by atoms with Crippen molar-refractivity contribution in [1.82, 2.24) is 10.6 Å². The summed E-state index contributed by atoms with van der Waals surface area (Å²) in [5.41, 5.74) is 0.227. The van der Waals surface area contributed by atoms with E-state index in [2.05, 4.69) is 10.6 Å². The van der Waals surface area contributed by atoms with Crippen LogP contribution in [0.5, 0.6) is 0 Å². The van der Waals surface area contributed by atoms with Gasteiger partial charge in [-0.2, -0.15) is 0 Å². The summed E-state index contributed by atoms with van der Waals surface area (Å²) < 4.78 is 12.7. The minimum atomic E-state index is -0.362. The number of thioether (sulfide) groups is 1. The molecule has 1 fully saturated rings. The van der Waals surface area contributed by atoms with E-state index in [1.807, 2.05) is 6.92 Å². The molecule has 0 saturated carbocycles. The van der Waals surface area contributed by atoms with E-state index in [1.54, 1.807) is 0 Å². The van der Waals surface area contributed by atoms with Crippen LogP contribution in [0.4, 0.5) is 4.39 Å². The lowest BCUT2D eigenvalue weighted by Gasteiger charge is -2.28. The van der Waals surface area contributed by atoms with E-state index in [-0.39, 0.29) is 34.8 Å². The van der Waals surface area contributed by atoms with Crippen molar-refractivity contribution in [2.75, 3.05) is 5.75 Å². The Labute approximate surface area is 115 Å². The van der Waals surface area contributed by atoms with Crippen LogP contribution in [0.25, 0.3) is 0 Å². The molecule has 0 spiro atoms. The number of halogens is 1. The number of amides is 1. The highest BCUT2D eigenvalue weighted by Gasteiger charge is 2.23. The van der Waals surface area contributed by atoms with Crippen LogP contribution in [0.1, 0.15) is 23.7 Å². The molecule has 102 valence electrons. The summed E-state index contributed by atoms with van der Waals surface area (Å²) in [7, 11) is 0. The lowest BCUT2D eigenvalue weighted by molar-refractivity contribution is -0.123. The van der Waals surface area contributed by atoms with Gasteiger partial charge in [-0.3, -0.25) is 14.9 Å². The predicted molar refractivity (Wildman–Crippen MR) is 72.3 cm³/mol. The topological polar surface area (TPSA) is 58.2 Å². The minimum Gasteiger partial charge on any atom is -0.332 e. The number of benzene rings is 1. The first-order valence-electron chi connectivity index (χ1n) is 6.00. The molecule has 2 atom stereocenters. The summed E-state index contributed by atoms with van der Waals surface area (Å²) in [5.74, 6) is -0.229. The molecular weight excluding hydrogens is 267 g/mol. The Bertz CT molecular complexity index is 478. The van der Waals surface area contributed by atoms with Crippen LogP contribution in [-0.4, -0.2) is 29.0 Å². The van der Waals surface area contributed by atoms with Crippen molar-refractivity contribution in [3.05, 3.63) is 35.6 Å². The molecule has 0 radical (unpaired) electrons. The second-order valence-corrected chi connectivity index (χ2v) is 5.55. The van der Waals surface area contributed by atoms with Crippen LogP contribution in [-0.2, 0) is 4.79 Å². The third-order valence-electron chi connectivity index (χ3n) is 2.77. The SMILES string of the molecule is CC1CC(=O)NC(SCC(=O)c2ccc(F)cc2)N1. The van der Waals surface area contributed by atoms with E-state index in [0.29, 0.717) is 12.0 Å². The van der Waals surface area contributed by atoms with Crippen LogP contribution >= 0.6 is 11.8 Å². The summed E-state index contributed by atoms with van der Waals surface area (Å²) in [6.45, 7) is 1.92. The van der Waals surface area contributed by atoms with Crippen molar-refractivity contribution < 1.29 is 14.0 Å². The quantitative estimate of drug-likeness (QED) is 0.822. The predicted octanol–water partition coefficient (Wildman–Crippen LogP) is 1.52. The molecule has 0 aromatic heterocycles. The van der Waals surface area contributed by atoms with Gasteiger partial charge >= 0.3 is 0 Å². The number of rotatable bonds is 4. The molecule has 2 N–H and O–H groups in total. The highest BCUT2D eigenvalue weighted by Crippen LogP contribution is 2.14. The summed E-state index contributed by atoms with van der Waals surface area (Å²) >= 11 is 1.33. The summed E-state index contributed by atoms with van der Waals surface area (Å²) in [6.07, 6.45) is 0.447. The standard InChI is InChI=1S/C13H15FN2O2S/c1-8-6-12(18)16-13(15-8)19-7-11(17)9-2-4-10(14)5-3-9/h2-5,8,13,15H,6-7H2,1H3,(H,16,18). The van der Waals surface area contributed by atoms with Gasteiger partial charge in [0, 0.05) is 18.0 Å². The highest BCUT2D eigenvalue weighted by molar-refractivity contribution is 8.00. The van der Waals surface area contributed by atoms with Crippen molar-refractivity contribution >= 4 is 23.5 Å². The fourth-order valence-corrected chi connectivity index (χ4v) is 2.84. The maximum Gasteiger partial charge on any atom is 0.223 e. The van der Waals surface area contributed by atoms with Gasteiger partial charge in [0.1, 0.15) is 11.3 Å². The van der Waals surface area contributed by atoms with Gasteiger partial charge in [0.2, 0.25) is 5.91 Å². The van der Waals surface area contributed by atoms with Gasteiger partial charge in [0.05, 0.1) is 5.75 Å². The van der Waals surface area contributed by atoms with Crippen molar-refractivity contribution in [1.29, 1.82) is 0 Å². The van der Waals surface area contributed by atoms with E-state index >= 15 is 0 Å². The van der Waals surface area contributed by atoms with Crippen LogP contribution in [0.15, 0.2) is 24.3 Å². The van der Waals surface area contributed by atoms with Crippen molar-refractivity contribution in [3.63, 3.8) is 0 Å². The Kier molecular flexibility index (Phi) is 4.55. The fourth-order valence-electron chi connectivity index (χ4n) is 1.81. The lowest BCUT2D eigenvalue weighted by Crippen LogP contribution is -2.53. The number of carbonyl (C=O) groups excluding carboxylic acids is 2. The Morgan fingerprint density at radius 3 is 2.74 bits per heavy atom. The van der Waals surface area contributed by atoms with Crippen LogP contribution in [0.2, 0.25) is 0 Å². The van der Waals surface area contributed by atoms with Gasteiger partial charge in [0.25, 0.3) is 0 Å². The Balaban J connectivity index is 1.86. The van der Waals surface area contributed by atoms with Crippen LogP contribution in [0, 0.1) is 5.82 Å². The number of hydrogen-bond acceptors (Lipinski definition) is 4. The first kappa shape index (κ1) is 14.0. The second kappa shape index (κ2) is 6.16. The zero-order chi connectivity index (χ0) is 13.8. The summed E-state index contributed by atoms with van der Waals surface area (Å²) in [6, 6.07) is 5.56. The Morgan fingerprint density at radius 1 is 1.42 bits per heavy atom. The van der Waals surface area contributed by atoms with Crippen molar-refractivity contribution in [2.45, 2.75) is 24.9 Å². The number of ketones is 1. The lowest BCUT2D eigenvalue weighted by atomic mass is 10.1. The molecule has 1 aromatic rings. The van der Waals surface area contributed by atoms with Gasteiger partial charge in [-0.15, -0.1) is 11.8 Å². The Hall–Kier alpha value is -1.40. The number of Topliss-reactive ketones (excluding diaryl/α,β-unsaturated/α-hetero) is 1. The third kappa shape index (κ3) is 4.04. The molecule has 1 heterocycles. The molecule has 2 unspecified atom stereocenters. The zero-order valence-corrected chi connectivity index (χ0v) is 11.3. The molecule has 0 aliphatic carbocycles. The van der Waals surface area contributed by atoms with Crippen molar-refractivity contribution in [2.24, 2.45) is 0 Å². The second-order valence-electron chi connectivity index (χ2n) is 4.46. The average molecular weight is 282 g/mol. The largest absolute Gasteiger partial charge is 0.332 e. The maximum absolute atomic E-state index is 12.7. The van der Waals surface area contributed by atoms with E-state index in [4.69, 9.17) is 0 Å². The maximum atomic E-state index is 12.7. The van der Waals surface area contributed by atoms with Gasteiger partial charge in [-0.05, 0) is 31.2 Å². The molecule has 1 aliphatic rings. The molecule has 1 aliphatic heterocycles. The number of carbonyl (C=O) groups is 2. The molecule has 1 saturated heterocycles. The minimum absolute atomic E-state index is 0.0158. The first-order valence-corrected chi connectivity index (χ1v) is 7.05. The fraction of sp³-hybridized carbons (Fsp3) is 0.385. The smallest absolute Gasteiger partial charge is 0.223 e. The molecule has 1 amide bonds. The number of hydrogen-bond donors (Lipinski definition) is 2. The van der Waals surface area contributed by atoms with Crippen LogP contribution in [0.3, 0.4) is 0 Å². The van der Waals surface area contributed by atoms with Gasteiger partial charge in [0.15, 0.2) is 5.78 Å². The zero-order valence-electron chi connectivity index (χ0n) is 10.5. The molecule has 6 heteroatoms. The highest BCUT2D eigenvalue weighted by atomic mass is 32.2. The van der Waals surface area contributed by atoms with E-state index < -0.39 is 0 Å². The summed E-state index contributed by atoms with van der Waals surface area (Å²) in [4.78, 5) is 23.2. The van der Waals surface area contributed by atoms with E-state index in [1.165, 1.54) is 36.0 Å². The molecule has 19 heavy (non-hydrogen) atoms. The normalized spacial score (nSPS) is 22.9. The molecule has 2 rings (SSSR count). The van der Waals surface area contributed by atoms with E-state index in [9.17, 15) is 14.0 Å². The van der Waals surface area contributed by atoms with Crippen molar-refractivity contribution in [3.8, 4) is 0 Å². The average Bonchev–Trinajstić information content (AvgIpc) is 2.36. The van der Waals surface area contributed by atoms with Crippen LogP contribution < -0.4 is 10.6 Å². The first-order chi connectivity index (χ1) is 9.04. The van der Waals surface area contributed by atoms with Gasteiger partial charge in [-0.25, -0.2) is 4.39 Å². The van der Waals surface area contributed by atoms with E-state index in [0.717, 1.165) is 0 Å². The van der Waals surface area contributed by atoms with Gasteiger partial charge < -0.3 is 5.32 Å². The molecule has 4 nitrogen and oxygen atoms in total.